The molecule has 1 aliphatic rings. The SMILES string of the molecule is Cc1nn(S(=O)(=O)N2CCCCC2)c(C)c1C. The fourth-order valence-corrected chi connectivity index (χ4v) is 3.77. The molecule has 0 unspecified atom stereocenters. The molecule has 0 N–H and O–H groups in total. The third-order valence-corrected chi connectivity index (χ3v) is 5.28. The van der Waals surface area contributed by atoms with Crippen LogP contribution in [0, 0.1) is 20.8 Å². The zero-order valence-electron chi connectivity index (χ0n) is 10.6. The van der Waals surface area contributed by atoms with Crippen LogP contribution in [0.5, 0.6) is 0 Å². The third kappa shape index (κ3) is 2.11. The van der Waals surface area contributed by atoms with Crippen molar-refractivity contribution in [1.29, 1.82) is 0 Å². The van der Waals surface area contributed by atoms with Crippen molar-refractivity contribution in [3.8, 4) is 0 Å². The lowest BCUT2D eigenvalue weighted by molar-refractivity contribution is 0.340. The second-order valence-electron chi connectivity index (χ2n) is 4.61. The van der Waals surface area contributed by atoms with Gasteiger partial charge in [0, 0.05) is 13.1 Å². The monoisotopic (exact) mass is 257 g/mol. The van der Waals surface area contributed by atoms with E-state index in [2.05, 4.69) is 5.10 Å². The van der Waals surface area contributed by atoms with Gasteiger partial charge in [-0.1, -0.05) is 6.42 Å². The Morgan fingerprint density at radius 1 is 1.06 bits per heavy atom. The highest BCUT2D eigenvalue weighted by atomic mass is 32.2. The molecule has 1 saturated heterocycles. The normalized spacial score (nSPS) is 18.5. The third-order valence-electron chi connectivity index (χ3n) is 3.47. The molecule has 1 aromatic heterocycles. The van der Waals surface area contributed by atoms with Gasteiger partial charge in [-0.2, -0.15) is 17.8 Å². The van der Waals surface area contributed by atoms with Gasteiger partial charge in [-0.05, 0) is 39.2 Å². The van der Waals surface area contributed by atoms with Crippen LogP contribution < -0.4 is 0 Å². The molecule has 0 aliphatic carbocycles. The summed E-state index contributed by atoms with van der Waals surface area (Å²) in [6, 6.07) is 0. The van der Waals surface area contributed by atoms with Crippen molar-refractivity contribution in [2.24, 2.45) is 0 Å². The van der Waals surface area contributed by atoms with Crippen LogP contribution in [-0.2, 0) is 10.2 Å². The highest BCUT2D eigenvalue weighted by Crippen LogP contribution is 2.19. The first-order chi connectivity index (χ1) is 7.94. The topological polar surface area (TPSA) is 55.2 Å². The molecule has 17 heavy (non-hydrogen) atoms. The van der Waals surface area contributed by atoms with E-state index in [9.17, 15) is 8.42 Å². The lowest BCUT2D eigenvalue weighted by atomic mass is 10.2. The number of hydrogen-bond acceptors (Lipinski definition) is 3. The van der Waals surface area contributed by atoms with E-state index in [4.69, 9.17) is 0 Å². The zero-order chi connectivity index (χ0) is 12.6. The minimum atomic E-state index is -3.46. The first-order valence-electron chi connectivity index (χ1n) is 5.98. The molecule has 0 amide bonds. The summed E-state index contributed by atoms with van der Waals surface area (Å²) < 4.78 is 27.5. The molecule has 1 fully saturated rings. The first kappa shape index (κ1) is 12.6. The molecule has 0 atom stereocenters. The Morgan fingerprint density at radius 2 is 1.65 bits per heavy atom. The molecular formula is C11H19N3O2S. The molecule has 0 aromatic carbocycles. The van der Waals surface area contributed by atoms with Crippen molar-refractivity contribution in [1.82, 2.24) is 13.5 Å². The van der Waals surface area contributed by atoms with E-state index in [1.165, 1.54) is 8.39 Å². The van der Waals surface area contributed by atoms with Crippen molar-refractivity contribution < 1.29 is 8.42 Å². The van der Waals surface area contributed by atoms with Gasteiger partial charge in [0.2, 0.25) is 0 Å². The zero-order valence-corrected chi connectivity index (χ0v) is 11.4. The number of piperidine rings is 1. The first-order valence-corrected chi connectivity index (χ1v) is 7.38. The van der Waals surface area contributed by atoms with Crippen molar-refractivity contribution >= 4 is 10.2 Å². The van der Waals surface area contributed by atoms with Gasteiger partial charge in [-0.25, -0.2) is 0 Å². The van der Waals surface area contributed by atoms with E-state index in [0.29, 0.717) is 18.8 Å². The average Bonchev–Trinajstić information content (AvgIpc) is 2.59. The standard InChI is InChI=1S/C11H19N3O2S/c1-9-10(2)12-14(11(9)3)17(15,16)13-7-5-4-6-8-13/h4-8H2,1-3H3. The van der Waals surface area contributed by atoms with Crippen molar-refractivity contribution in [3.63, 3.8) is 0 Å². The van der Waals surface area contributed by atoms with Gasteiger partial charge in [-0.3, -0.25) is 0 Å². The van der Waals surface area contributed by atoms with Crippen LogP contribution in [0.3, 0.4) is 0 Å². The van der Waals surface area contributed by atoms with Crippen LogP contribution in [0.4, 0.5) is 0 Å². The Labute approximate surface area is 103 Å². The van der Waals surface area contributed by atoms with Gasteiger partial charge in [0.25, 0.3) is 0 Å². The molecular weight excluding hydrogens is 238 g/mol. The maximum atomic E-state index is 12.4. The van der Waals surface area contributed by atoms with Crippen LogP contribution in [0.25, 0.3) is 0 Å². The van der Waals surface area contributed by atoms with Gasteiger partial charge >= 0.3 is 10.2 Å². The molecule has 6 heteroatoms. The summed E-state index contributed by atoms with van der Waals surface area (Å²) in [5, 5.41) is 4.14. The summed E-state index contributed by atoms with van der Waals surface area (Å²) in [5.74, 6) is 0. The highest BCUT2D eigenvalue weighted by Gasteiger charge is 2.28. The summed E-state index contributed by atoms with van der Waals surface area (Å²) in [4.78, 5) is 0. The minimum absolute atomic E-state index is 0.611. The quantitative estimate of drug-likeness (QED) is 0.804. The van der Waals surface area contributed by atoms with Gasteiger partial charge in [0.05, 0.1) is 11.4 Å². The Hall–Kier alpha value is -0.880. The van der Waals surface area contributed by atoms with E-state index in [-0.39, 0.29) is 0 Å². The van der Waals surface area contributed by atoms with Crippen LogP contribution >= 0.6 is 0 Å². The van der Waals surface area contributed by atoms with E-state index in [1.807, 2.05) is 13.8 Å². The average molecular weight is 257 g/mol. The maximum Gasteiger partial charge on any atom is 0.323 e. The van der Waals surface area contributed by atoms with E-state index in [1.54, 1.807) is 6.92 Å². The number of nitrogens with zero attached hydrogens (tertiary/aromatic N) is 3. The fourth-order valence-electron chi connectivity index (χ4n) is 2.12. The van der Waals surface area contributed by atoms with Crippen LogP contribution in [0.15, 0.2) is 0 Å². The lowest BCUT2D eigenvalue weighted by Crippen LogP contribution is -2.40. The van der Waals surface area contributed by atoms with E-state index >= 15 is 0 Å². The van der Waals surface area contributed by atoms with E-state index in [0.717, 1.165) is 30.5 Å². The Bertz CT molecular complexity index is 513. The fraction of sp³-hybridized carbons (Fsp3) is 0.727. The van der Waals surface area contributed by atoms with Crippen molar-refractivity contribution in [2.75, 3.05) is 13.1 Å². The summed E-state index contributed by atoms with van der Waals surface area (Å²) in [5.41, 5.74) is 2.45. The van der Waals surface area contributed by atoms with Crippen LogP contribution in [0.2, 0.25) is 0 Å². The number of aryl methyl sites for hydroxylation is 1. The maximum absolute atomic E-state index is 12.4. The molecule has 5 nitrogen and oxygen atoms in total. The Kier molecular flexibility index (Phi) is 3.27. The second-order valence-corrected chi connectivity index (χ2v) is 6.36. The van der Waals surface area contributed by atoms with Crippen LogP contribution in [0.1, 0.15) is 36.2 Å². The molecule has 96 valence electrons. The molecule has 2 rings (SSSR count). The Morgan fingerprint density at radius 3 is 2.12 bits per heavy atom. The van der Waals surface area contributed by atoms with Gasteiger partial charge < -0.3 is 0 Å². The summed E-state index contributed by atoms with van der Waals surface area (Å²) in [7, 11) is -3.46. The van der Waals surface area contributed by atoms with Gasteiger partial charge in [0.15, 0.2) is 0 Å². The second kappa shape index (κ2) is 4.42. The molecule has 1 aliphatic heterocycles. The minimum Gasteiger partial charge on any atom is -0.187 e. The largest absolute Gasteiger partial charge is 0.323 e. The van der Waals surface area contributed by atoms with Gasteiger partial charge in [0.1, 0.15) is 0 Å². The van der Waals surface area contributed by atoms with Crippen molar-refractivity contribution in [2.45, 2.75) is 40.0 Å². The number of rotatable bonds is 2. The summed E-state index contributed by atoms with van der Waals surface area (Å²) >= 11 is 0. The molecule has 0 bridgehead atoms. The highest BCUT2D eigenvalue weighted by molar-refractivity contribution is 7.87. The number of hydrogen-bond donors (Lipinski definition) is 0. The van der Waals surface area contributed by atoms with Crippen molar-refractivity contribution in [3.05, 3.63) is 17.0 Å². The lowest BCUT2D eigenvalue weighted by Gasteiger charge is -2.25. The molecule has 1 aromatic rings. The molecule has 2 heterocycles. The predicted molar refractivity (Wildman–Crippen MR) is 66.2 cm³/mol. The Balaban J connectivity index is 2.40. The van der Waals surface area contributed by atoms with Gasteiger partial charge in [-0.15, -0.1) is 4.09 Å². The summed E-state index contributed by atoms with van der Waals surface area (Å²) in [6.07, 6.45) is 3.00. The summed E-state index contributed by atoms with van der Waals surface area (Å²) in [6.45, 7) is 6.76. The molecule has 0 saturated carbocycles. The predicted octanol–water partition coefficient (Wildman–Crippen LogP) is 1.39. The molecule has 0 radical (unpaired) electrons. The number of aromatic nitrogens is 2. The van der Waals surface area contributed by atoms with Crippen LogP contribution in [-0.4, -0.2) is 35.0 Å². The smallest absolute Gasteiger partial charge is 0.187 e. The van der Waals surface area contributed by atoms with E-state index < -0.39 is 10.2 Å². The molecule has 0 spiro atoms.